The molecule has 0 aromatic heterocycles. The lowest BCUT2D eigenvalue weighted by Gasteiger charge is -2.28. The SMILES string of the molecule is CC(=O)c1cccc(NC(=O)C[NH+]2CC[NH+](C/C=C/c3ccccc3)CC2)c1. The number of anilines is 1. The van der Waals surface area contributed by atoms with Gasteiger partial charge >= 0.3 is 0 Å². The van der Waals surface area contributed by atoms with Gasteiger partial charge in [-0.15, -0.1) is 0 Å². The van der Waals surface area contributed by atoms with Crippen molar-refractivity contribution in [2.45, 2.75) is 6.92 Å². The third-order valence-electron chi connectivity index (χ3n) is 5.14. The van der Waals surface area contributed by atoms with E-state index in [2.05, 4.69) is 41.7 Å². The first-order valence-electron chi connectivity index (χ1n) is 9.90. The average Bonchev–Trinajstić information content (AvgIpc) is 2.70. The summed E-state index contributed by atoms with van der Waals surface area (Å²) < 4.78 is 0. The van der Waals surface area contributed by atoms with E-state index >= 15 is 0 Å². The molecule has 1 amide bonds. The molecule has 146 valence electrons. The number of amides is 1. The molecule has 0 aliphatic carbocycles. The quantitative estimate of drug-likeness (QED) is 0.607. The molecular formula is C23H29N3O2+2. The van der Waals surface area contributed by atoms with E-state index in [4.69, 9.17) is 0 Å². The van der Waals surface area contributed by atoms with Gasteiger partial charge in [0, 0.05) is 11.3 Å². The minimum Gasteiger partial charge on any atom is -0.322 e. The molecule has 0 unspecified atom stereocenters. The number of piperazine rings is 1. The van der Waals surface area contributed by atoms with E-state index in [0.29, 0.717) is 17.8 Å². The minimum absolute atomic E-state index is 0.00198. The Morgan fingerprint density at radius 1 is 0.964 bits per heavy atom. The zero-order valence-corrected chi connectivity index (χ0v) is 16.4. The molecule has 1 heterocycles. The fourth-order valence-electron chi connectivity index (χ4n) is 3.51. The second-order valence-electron chi connectivity index (χ2n) is 7.38. The maximum absolute atomic E-state index is 12.3. The van der Waals surface area contributed by atoms with Crippen molar-refractivity contribution in [1.82, 2.24) is 0 Å². The van der Waals surface area contributed by atoms with Crippen LogP contribution in [0.2, 0.25) is 0 Å². The summed E-state index contributed by atoms with van der Waals surface area (Å²) in [6, 6.07) is 17.5. The molecule has 3 N–H and O–H groups in total. The van der Waals surface area contributed by atoms with Crippen LogP contribution in [0.4, 0.5) is 5.69 Å². The molecule has 1 aliphatic rings. The molecule has 0 atom stereocenters. The maximum atomic E-state index is 12.3. The van der Waals surface area contributed by atoms with Crippen molar-refractivity contribution in [1.29, 1.82) is 0 Å². The summed E-state index contributed by atoms with van der Waals surface area (Å²) in [5.41, 5.74) is 2.54. The third kappa shape index (κ3) is 6.15. The smallest absolute Gasteiger partial charge is 0.279 e. The highest BCUT2D eigenvalue weighted by Crippen LogP contribution is 2.10. The van der Waals surface area contributed by atoms with Crippen molar-refractivity contribution in [3.05, 3.63) is 71.8 Å². The summed E-state index contributed by atoms with van der Waals surface area (Å²) in [4.78, 5) is 26.7. The normalized spacial score (nSPS) is 19.5. The number of ketones is 1. The molecule has 5 heteroatoms. The molecule has 28 heavy (non-hydrogen) atoms. The van der Waals surface area contributed by atoms with Gasteiger partial charge in [0.15, 0.2) is 12.3 Å². The largest absolute Gasteiger partial charge is 0.322 e. The highest BCUT2D eigenvalue weighted by Gasteiger charge is 2.24. The van der Waals surface area contributed by atoms with Crippen LogP contribution in [-0.4, -0.2) is 51.0 Å². The van der Waals surface area contributed by atoms with Crippen LogP contribution in [0.25, 0.3) is 6.08 Å². The van der Waals surface area contributed by atoms with Crippen LogP contribution in [0, 0.1) is 0 Å². The van der Waals surface area contributed by atoms with Crippen molar-refractivity contribution in [2.24, 2.45) is 0 Å². The van der Waals surface area contributed by atoms with Crippen LogP contribution in [-0.2, 0) is 4.79 Å². The lowest BCUT2D eigenvalue weighted by molar-refractivity contribution is -1.01. The summed E-state index contributed by atoms with van der Waals surface area (Å²) in [7, 11) is 0. The predicted octanol–water partition coefficient (Wildman–Crippen LogP) is 0.325. The van der Waals surface area contributed by atoms with Gasteiger partial charge in [0.25, 0.3) is 5.91 Å². The van der Waals surface area contributed by atoms with Gasteiger partial charge in [-0.1, -0.05) is 48.5 Å². The fourth-order valence-corrected chi connectivity index (χ4v) is 3.51. The lowest BCUT2D eigenvalue weighted by Crippen LogP contribution is -3.28. The standard InChI is InChI=1S/C23H27N3O2/c1-19(27)21-10-5-11-22(17-21)24-23(28)18-26-15-13-25(14-16-26)12-6-9-20-7-3-2-4-8-20/h2-11,17H,12-16,18H2,1H3,(H,24,28)/p+2/b9-6+. The van der Waals surface area contributed by atoms with Gasteiger partial charge in [-0.25, -0.2) is 0 Å². The first kappa shape index (κ1) is 20.0. The van der Waals surface area contributed by atoms with Gasteiger partial charge in [0.2, 0.25) is 0 Å². The highest BCUT2D eigenvalue weighted by molar-refractivity contribution is 5.97. The average molecular weight is 380 g/mol. The molecule has 3 rings (SSSR count). The van der Waals surface area contributed by atoms with E-state index < -0.39 is 0 Å². The van der Waals surface area contributed by atoms with Gasteiger partial charge in [-0.2, -0.15) is 0 Å². The number of hydrogen-bond donors (Lipinski definition) is 3. The van der Waals surface area contributed by atoms with Gasteiger partial charge in [-0.05, 0) is 30.7 Å². The number of Topliss-reactive ketones (excluding diaryl/α,β-unsaturated/α-hetero) is 1. The van der Waals surface area contributed by atoms with Gasteiger partial charge in [0.05, 0.1) is 6.54 Å². The Morgan fingerprint density at radius 2 is 1.68 bits per heavy atom. The molecule has 1 saturated heterocycles. The second kappa shape index (κ2) is 9.97. The van der Waals surface area contributed by atoms with E-state index in [1.54, 1.807) is 23.1 Å². The minimum atomic E-state index is 0.00198. The second-order valence-corrected chi connectivity index (χ2v) is 7.38. The molecule has 0 radical (unpaired) electrons. The zero-order chi connectivity index (χ0) is 19.8. The van der Waals surface area contributed by atoms with Crippen molar-refractivity contribution in [3.8, 4) is 0 Å². The number of quaternary nitrogens is 2. The van der Waals surface area contributed by atoms with Crippen LogP contribution in [0.3, 0.4) is 0 Å². The molecule has 0 spiro atoms. The van der Waals surface area contributed by atoms with Crippen molar-refractivity contribution in [2.75, 3.05) is 44.6 Å². The van der Waals surface area contributed by atoms with Crippen molar-refractivity contribution in [3.63, 3.8) is 0 Å². The summed E-state index contributed by atoms with van der Waals surface area (Å²) in [6.45, 7) is 7.15. The molecular weight excluding hydrogens is 350 g/mol. The van der Waals surface area contributed by atoms with E-state index in [-0.39, 0.29) is 11.7 Å². The van der Waals surface area contributed by atoms with Crippen LogP contribution in [0.1, 0.15) is 22.8 Å². The van der Waals surface area contributed by atoms with E-state index in [1.807, 2.05) is 12.1 Å². The molecule has 5 nitrogen and oxygen atoms in total. The fraction of sp³-hybridized carbons (Fsp3) is 0.304. The van der Waals surface area contributed by atoms with Crippen LogP contribution in [0.5, 0.6) is 0 Å². The van der Waals surface area contributed by atoms with Crippen LogP contribution < -0.4 is 15.1 Å². The molecule has 2 aromatic rings. The van der Waals surface area contributed by atoms with E-state index in [9.17, 15) is 9.59 Å². The Balaban J connectivity index is 1.40. The molecule has 2 aromatic carbocycles. The van der Waals surface area contributed by atoms with E-state index in [1.165, 1.54) is 17.4 Å². The van der Waals surface area contributed by atoms with Crippen molar-refractivity contribution < 1.29 is 19.4 Å². The third-order valence-corrected chi connectivity index (χ3v) is 5.14. The summed E-state index contributed by atoms with van der Waals surface area (Å²) in [6.07, 6.45) is 4.42. The molecule has 0 bridgehead atoms. The number of benzene rings is 2. The Hall–Kier alpha value is -2.76. The Morgan fingerprint density at radius 3 is 2.39 bits per heavy atom. The Kier molecular flexibility index (Phi) is 7.12. The maximum Gasteiger partial charge on any atom is 0.279 e. The van der Waals surface area contributed by atoms with Gasteiger partial charge < -0.3 is 15.1 Å². The Bertz CT molecular complexity index is 825. The summed E-state index contributed by atoms with van der Waals surface area (Å²) in [5.74, 6) is 0.00487. The van der Waals surface area contributed by atoms with Gasteiger partial charge in [-0.3, -0.25) is 9.59 Å². The predicted molar refractivity (Wildman–Crippen MR) is 112 cm³/mol. The van der Waals surface area contributed by atoms with Crippen molar-refractivity contribution >= 4 is 23.5 Å². The molecule has 1 aliphatic heterocycles. The highest BCUT2D eigenvalue weighted by atomic mass is 16.2. The van der Waals surface area contributed by atoms with Crippen LogP contribution >= 0.6 is 0 Å². The first-order valence-corrected chi connectivity index (χ1v) is 9.90. The lowest BCUT2D eigenvalue weighted by atomic mass is 10.1. The Labute approximate surface area is 166 Å². The number of hydrogen-bond acceptors (Lipinski definition) is 2. The molecule has 0 saturated carbocycles. The summed E-state index contributed by atoms with van der Waals surface area (Å²) >= 11 is 0. The number of carbonyl (C=O) groups excluding carboxylic acids is 2. The first-order chi connectivity index (χ1) is 13.6. The molecule has 1 fully saturated rings. The number of rotatable bonds is 7. The number of nitrogens with one attached hydrogen (secondary N) is 3. The topological polar surface area (TPSA) is 55.0 Å². The van der Waals surface area contributed by atoms with Crippen LogP contribution in [0.15, 0.2) is 60.7 Å². The van der Waals surface area contributed by atoms with Gasteiger partial charge in [0.1, 0.15) is 26.2 Å². The van der Waals surface area contributed by atoms with E-state index in [0.717, 1.165) is 32.7 Å². The zero-order valence-electron chi connectivity index (χ0n) is 16.4. The number of carbonyl (C=O) groups is 2. The monoisotopic (exact) mass is 379 g/mol. The summed E-state index contributed by atoms with van der Waals surface area (Å²) in [5, 5.41) is 2.92.